The fourth-order valence-corrected chi connectivity index (χ4v) is 1.47. The van der Waals surface area contributed by atoms with E-state index in [-0.39, 0.29) is 28.5 Å². The molecule has 0 aliphatic rings. The van der Waals surface area contributed by atoms with Crippen molar-refractivity contribution < 1.29 is 14.8 Å². The molecule has 0 amide bonds. The fraction of sp³-hybridized carbons (Fsp3) is 0. The largest absolute Gasteiger partial charge is 0.504 e. The second kappa shape index (κ2) is 5.06. The molecule has 2 rings (SSSR count). The highest BCUT2D eigenvalue weighted by Gasteiger charge is 2.13. The Labute approximate surface area is 108 Å². The summed E-state index contributed by atoms with van der Waals surface area (Å²) in [5, 5.41) is 29.1. The Balaban J connectivity index is 2.39. The second-order valence-corrected chi connectivity index (χ2v) is 3.62. The molecular weight excluding hydrogens is 248 g/mol. The summed E-state index contributed by atoms with van der Waals surface area (Å²) < 4.78 is 5.37. The highest BCUT2D eigenvalue weighted by atomic mass is 16.6. The van der Waals surface area contributed by atoms with Crippen LogP contribution in [0.1, 0.15) is 5.56 Å². The van der Waals surface area contributed by atoms with Crippen molar-refractivity contribution in [1.82, 2.24) is 0 Å². The van der Waals surface area contributed by atoms with Crippen LogP contribution in [0.25, 0.3) is 0 Å². The Morgan fingerprint density at radius 1 is 1.21 bits per heavy atom. The fourth-order valence-electron chi connectivity index (χ4n) is 1.47. The molecule has 0 fully saturated rings. The molecule has 0 saturated carbocycles. The zero-order valence-electron chi connectivity index (χ0n) is 9.61. The lowest BCUT2D eigenvalue weighted by Gasteiger charge is -2.08. The van der Waals surface area contributed by atoms with Gasteiger partial charge in [-0.15, -0.1) is 0 Å². The summed E-state index contributed by atoms with van der Waals surface area (Å²) in [6, 6.07) is 11.7. The minimum Gasteiger partial charge on any atom is -0.504 e. The van der Waals surface area contributed by atoms with Gasteiger partial charge in [0.05, 0.1) is 4.92 Å². The highest BCUT2D eigenvalue weighted by Crippen LogP contribution is 2.33. The van der Waals surface area contributed by atoms with E-state index in [4.69, 9.17) is 10.00 Å². The van der Waals surface area contributed by atoms with E-state index in [0.29, 0.717) is 0 Å². The lowest BCUT2D eigenvalue weighted by atomic mass is 10.2. The van der Waals surface area contributed by atoms with Crippen LogP contribution >= 0.6 is 0 Å². The molecule has 1 N–H and O–H groups in total. The highest BCUT2D eigenvalue weighted by molar-refractivity contribution is 5.52. The van der Waals surface area contributed by atoms with E-state index in [1.54, 1.807) is 12.1 Å². The minimum atomic E-state index is -0.593. The number of benzene rings is 2. The van der Waals surface area contributed by atoms with Crippen LogP contribution in [0, 0.1) is 21.4 Å². The third kappa shape index (κ3) is 2.61. The Kier molecular flexibility index (Phi) is 3.30. The van der Waals surface area contributed by atoms with Gasteiger partial charge in [0.1, 0.15) is 17.4 Å². The third-order valence-electron chi connectivity index (χ3n) is 2.38. The van der Waals surface area contributed by atoms with Gasteiger partial charge in [0.15, 0.2) is 11.5 Å². The van der Waals surface area contributed by atoms with Crippen molar-refractivity contribution in [2.24, 2.45) is 0 Å². The standard InChI is InChI=1S/C13H8N2O4/c14-8-9-7-10(15(17)18)5-6-12(9)19-13-4-2-1-3-11(13)16/h1-7,16H. The lowest BCUT2D eigenvalue weighted by Crippen LogP contribution is -1.92. The molecule has 0 saturated heterocycles. The van der Waals surface area contributed by atoms with E-state index in [1.165, 1.54) is 24.3 Å². The minimum absolute atomic E-state index is 0.0254. The summed E-state index contributed by atoms with van der Waals surface area (Å²) in [6.45, 7) is 0. The van der Waals surface area contributed by atoms with Gasteiger partial charge >= 0.3 is 0 Å². The number of non-ortho nitro benzene ring substituents is 1. The number of para-hydroxylation sites is 2. The zero-order chi connectivity index (χ0) is 13.8. The van der Waals surface area contributed by atoms with Gasteiger partial charge in [0.2, 0.25) is 0 Å². The number of ether oxygens (including phenoxy) is 1. The van der Waals surface area contributed by atoms with Gasteiger partial charge in [-0.1, -0.05) is 12.1 Å². The third-order valence-corrected chi connectivity index (χ3v) is 2.38. The van der Waals surface area contributed by atoms with Gasteiger partial charge in [-0.2, -0.15) is 5.26 Å². The van der Waals surface area contributed by atoms with Crippen LogP contribution in [0.5, 0.6) is 17.2 Å². The predicted octanol–water partition coefficient (Wildman–Crippen LogP) is 2.96. The lowest BCUT2D eigenvalue weighted by molar-refractivity contribution is -0.384. The summed E-state index contributed by atoms with van der Waals surface area (Å²) in [7, 11) is 0. The molecule has 0 aliphatic heterocycles. The van der Waals surface area contributed by atoms with E-state index in [1.807, 2.05) is 6.07 Å². The summed E-state index contributed by atoms with van der Waals surface area (Å²) in [6.07, 6.45) is 0. The number of phenolic OH excluding ortho intramolecular Hbond substituents is 1. The quantitative estimate of drug-likeness (QED) is 0.672. The topological polar surface area (TPSA) is 96.4 Å². The van der Waals surface area contributed by atoms with Crippen molar-refractivity contribution in [3.8, 4) is 23.3 Å². The Morgan fingerprint density at radius 2 is 1.95 bits per heavy atom. The maximum atomic E-state index is 10.6. The SMILES string of the molecule is N#Cc1cc([N+](=O)[O-])ccc1Oc1ccccc1O. The first-order valence-electron chi connectivity index (χ1n) is 5.26. The number of rotatable bonds is 3. The van der Waals surface area contributed by atoms with Gasteiger partial charge in [0.25, 0.3) is 5.69 Å². The first kappa shape index (κ1) is 12.4. The summed E-state index contributed by atoms with van der Waals surface area (Å²) >= 11 is 0. The van der Waals surface area contributed by atoms with Crippen LogP contribution in [0.15, 0.2) is 42.5 Å². The predicted molar refractivity (Wildman–Crippen MR) is 66.0 cm³/mol. The van der Waals surface area contributed by atoms with Gasteiger partial charge in [-0.05, 0) is 18.2 Å². The molecular formula is C13H8N2O4. The van der Waals surface area contributed by atoms with Gasteiger partial charge in [0, 0.05) is 12.1 Å². The van der Waals surface area contributed by atoms with E-state index in [9.17, 15) is 15.2 Å². The van der Waals surface area contributed by atoms with Crippen LogP contribution in [0.4, 0.5) is 5.69 Å². The van der Waals surface area contributed by atoms with Gasteiger partial charge < -0.3 is 9.84 Å². The average molecular weight is 256 g/mol. The number of hydrogen-bond donors (Lipinski definition) is 1. The molecule has 0 aromatic heterocycles. The average Bonchev–Trinajstić information content (AvgIpc) is 2.41. The zero-order valence-corrected chi connectivity index (χ0v) is 9.61. The number of nitrogens with zero attached hydrogens (tertiary/aromatic N) is 2. The summed E-state index contributed by atoms with van der Waals surface area (Å²) in [4.78, 5) is 10.0. The number of nitro benzene ring substituents is 1. The van der Waals surface area contributed by atoms with Crippen LogP contribution in [0.2, 0.25) is 0 Å². The van der Waals surface area contributed by atoms with E-state index >= 15 is 0 Å². The van der Waals surface area contributed by atoms with Crippen LogP contribution in [-0.2, 0) is 0 Å². The molecule has 0 bridgehead atoms. The molecule has 94 valence electrons. The number of aromatic hydroxyl groups is 1. The monoisotopic (exact) mass is 256 g/mol. The molecule has 0 unspecified atom stereocenters. The maximum Gasteiger partial charge on any atom is 0.271 e. The van der Waals surface area contributed by atoms with Crippen LogP contribution in [-0.4, -0.2) is 10.0 Å². The normalized spacial score (nSPS) is 9.63. The second-order valence-electron chi connectivity index (χ2n) is 3.62. The molecule has 0 radical (unpaired) electrons. The van der Waals surface area contributed by atoms with Crippen molar-refractivity contribution in [3.05, 3.63) is 58.1 Å². The van der Waals surface area contributed by atoms with E-state index < -0.39 is 4.92 Å². The Morgan fingerprint density at radius 3 is 2.58 bits per heavy atom. The Bertz CT molecular complexity index is 677. The summed E-state index contributed by atoms with van der Waals surface area (Å²) in [5.41, 5.74) is -0.168. The molecule has 19 heavy (non-hydrogen) atoms. The first-order chi connectivity index (χ1) is 9.11. The molecule has 2 aromatic rings. The smallest absolute Gasteiger partial charge is 0.271 e. The molecule has 0 heterocycles. The molecule has 2 aromatic carbocycles. The molecule has 0 atom stereocenters. The van der Waals surface area contributed by atoms with Crippen molar-refractivity contribution in [2.75, 3.05) is 0 Å². The number of nitro groups is 1. The van der Waals surface area contributed by atoms with E-state index in [0.717, 1.165) is 6.07 Å². The number of nitriles is 1. The molecule has 6 nitrogen and oxygen atoms in total. The number of phenols is 1. The van der Waals surface area contributed by atoms with Crippen molar-refractivity contribution in [3.63, 3.8) is 0 Å². The first-order valence-corrected chi connectivity index (χ1v) is 5.26. The number of hydrogen-bond acceptors (Lipinski definition) is 5. The van der Waals surface area contributed by atoms with Crippen molar-refractivity contribution in [2.45, 2.75) is 0 Å². The van der Waals surface area contributed by atoms with Crippen molar-refractivity contribution >= 4 is 5.69 Å². The van der Waals surface area contributed by atoms with Crippen LogP contribution in [0.3, 0.4) is 0 Å². The molecule has 6 heteroatoms. The van der Waals surface area contributed by atoms with Crippen molar-refractivity contribution in [1.29, 1.82) is 5.26 Å². The molecule has 0 spiro atoms. The van der Waals surface area contributed by atoms with E-state index in [2.05, 4.69) is 0 Å². The van der Waals surface area contributed by atoms with Gasteiger partial charge in [-0.25, -0.2) is 0 Å². The van der Waals surface area contributed by atoms with Gasteiger partial charge in [-0.3, -0.25) is 10.1 Å². The molecule has 0 aliphatic carbocycles. The summed E-state index contributed by atoms with van der Waals surface area (Å²) in [5.74, 6) is 0.243. The maximum absolute atomic E-state index is 10.6. The van der Waals surface area contributed by atoms with Crippen LogP contribution < -0.4 is 4.74 Å². The Hall–Kier alpha value is -3.07.